The lowest BCUT2D eigenvalue weighted by Crippen LogP contribution is -2.20. The highest BCUT2D eigenvalue weighted by Crippen LogP contribution is 2.20. The molecule has 0 aliphatic heterocycles. The highest BCUT2D eigenvalue weighted by molar-refractivity contribution is 5.92. The van der Waals surface area contributed by atoms with E-state index in [0.29, 0.717) is 17.4 Å². The number of nitrogens with zero attached hydrogens (tertiary/aromatic N) is 3. The molecule has 1 aromatic heterocycles. The summed E-state index contributed by atoms with van der Waals surface area (Å²) in [7, 11) is 0. The summed E-state index contributed by atoms with van der Waals surface area (Å²) in [5.41, 5.74) is 3.69. The maximum absolute atomic E-state index is 12.2. The number of aryl methyl sites for hydroxylation is 1. The number of anilines is 1. The Morgan fingerprint density at radius 2 is 1.96 bits per heavy atom. The van der Waals surface area contributed by atoms with E-state index < -0.39 is 0 Å². The van der Waals surface area contributed by atoms with Crippen molar-refractivity contribution in [3.63, 3.8) is 0 Å². The van der Waals surface area contributed by atoms with Crippen LogP contribution in [-0.4, -0.2) is 27.5 Å². The summed E-state index contributed by atoms with van der Waals surface area (Å²) in [6.45, 7) is 6.13. The van der Waals surface area contributed by atoms with Gasteiger partial charge >= 0.3 is 0 Å². The lowest BCUT2D eigenvalue weighted by molar-refractivity contribution is -0.118. The zero-order chi connectivity index (χ0) is 18.5. The summed E-state index contributed by atoms with van der Waals surface area (Å²) < 4.78 is 7.29. The van der Waals surface area contributed by atoms with Crippen LogP contribution >= 0.6 is 0 Å². The molecule has 3 rings (SSSR count). The van der Waals surface area contributed by atoms with E-state index >= 15 is 0 Å². The minimum Gasteiger partial charge on any atom is -0.484 e. The molecule has 1 heterocycles. The van der Waals surface area contributed by atoms with Crippen LogP contribution in [0, 0.1) is 6.92 Å². The summed E-state index contributed by atoms with van der Waals surface area (Å²) in [6.07, 6.45) is 1.76. The molecule has 134 valence electrons. The number of nitrogens with one attached hydrogen (secondary N) is 1. The summed E-state index contributed by atoms with van der Waals surface area (Å²) in [4.78, 5) is 12.2. The van der Waals surface area contributed by atoms with E-state index in [0.717, 1.165) is 16.9 Å². The summed E-state index contributed by atoms with van der Waals surface area (Å²) >= 11 is 0. The molecule has 0 saturated carbocycles. The molecule has 0 bridgehead atoms. The molecular formula is C20H22N4O2. The van der Waals surface area contributed by atoms with Crippen molar-refractivity contribution in [2.75, 3.05) is 11.9 Å². The van der Waals surface area contributed by atoms with Crippen LogP contribution in [-0.2, 0) is 4.79 Å². The molecule has 0 aliphatic carbocycles. The molecular weight excluding hydrogens is 328 g/mol. The fourth-order valence-corrected chi connectivity index (χ4v) is 2.53. The number of ether oxygens (including phenoxy) is 1. The van der Waals surface area contributed by atoms with Crippen molar-refractivity contribution in [1.29, 1.82) is 0 Å². The van der Waals surface area contributed by atoms with Gasteiger partial charge in [-0.05, 0) is 43.2 Å². The third-order valence-corrected chi connectivity index (χ3v) is 3.93. The highest BCUT2D eigenvalue weighted by atomic mass is 16.5. The standard InChI is InChI=1S/C20H22N4O2/c1-14(2)19-12-21-23-24(19)17-6-4-5-16(11-17)22-20(25)13-26-18-9-7-15(3)8-10-18/h4-12,14H,13H2,1-3H3,(H,22,25). The van der Waals surface area contributed by atoms with Crippen molar-refractivity contribution in [3.05, 3.63) is 66.0 Å². The largest absolute Gasteiger partial charge is 0.484 e. The maximum Gasteiger partial charge on any atom is 0.262 e. The first-order chi connectivity index (χ1) is 12.5. The van der Waals surface area contributed by atoms with Gasteiger partial charge in [0.15, 0.2) is 6.61 Å². The number of carbonyl (C=O) groups excluding carboxylic acids is 1. The molecule has 0 radical (unpaired) electrons. The lowest BCUT2D eigenvalue weighted by atomic mass is 10.1. The monoisotopic (exact) mass is 350 g/mol. The lowest BCUT2D eigenvalue weighted by Gasteiger charge is -2.11. The number of rotatable bonds is 6. The second-order valence-corrected chi connectivity index (χ2v) is 6.43. The minimum absolute atomic E-state index is 0.0478. The van der Waals surface area contributed by atoms with E-state index in [-0.39, 0.29) is 12.5 Å². The van der Waals surface area contributed by atoms with Crippen molar-refractivity contribution in [2.24, 2.45) is 0 Å². The van der Waals surface area contributed by atoms with Crippen LogP contribution in [0.1, 0.15) is 31.0 Å². The van der Waals surface area contributed by atoms with Crippen molar-refractivity contribution in [3.8, 4) is 11.4 Å². The van der Waals surface area contributed by atoms with Gasteiger partial charge in [0.2, 0.25) is 0 Å². The maximum atomic E-state index is 12.2. The van der Waals surface area contributed by atoms with Crippen LogP contribution in [0.4, 0.5) is 5.69 Å². The quantitative estimate of drug-likeness (QED) is 0.736. The number of hydrogen-bond donors (Lipinski definition) is 1. The molecule has 1 N–H and O–H groups in total. The molecule has 0 atom stereocenters. The fourth-order valence-electron chi connectivity index (χ4n) is 2.53. The number of hydrogen-bond acceptors (Lipinski definition) is 4. The van der Waals surface area contributed by atoms with Gasteiger partial charge in [-0.3, -0.25) is 4.79 Å². The predicted molar refractivity (Wildman–Crippen MR) is 101 cm³/mol. The van der Waals surface area contributed by atoms with E-state index in [4.69, 9.17) is 4.74 Å². The molecule has 2 aromatic carbocycles. The van der Waals surface area contributed by atoms with Crippen LogP contribution in [0.15, 0.2) is 54.7 Å². The summed E-state index contributed by atoms with van der Waals surface area (Å²) in [5.74, 6) is 0.750. The Kier molecular flexibility index (Phi) is 5.31. The fraction of sp³-hybridized carbons (Fsp3) is 0.250. The zero-order valence-electron chi connectivity index (χ0n) is 15.1. The van der Waals surface area contributed by atoms with Crippen LogP contribution in [0.2, 0.25) is 0 Å². The van der Waals surface area contributed by atoms with E-state index in [1.165, 1.54) is 0 Å². The molecule has 0 fully saturated rings. The smallest absolute Gasteiger partial charge is 0.262 e. The number of amides is 1. The van der Waals surface area contributed by atoms with E-state index in [1.54, 1.807) is 10.9 Å². The van der Waals surface area contributed by atoms with Gasteiger partial charge < -0.3 is 10.1 Å². The molecule has 6 heteroatoms. The van der Waals surface area contributed by atoms with Gasteiger partial charge in [0.05, 0.1) is 17.6 Å². The number of aromatic nitrogens is 3. The van der Waals surface area contributed by atoms with Gasteiger partial charge in [0, 0.05) is 5.69 Å². The predicted octanol–water partition coefficient (Wildman–Crippen LogP) is 3.72. The van der Waals surface area contributed by atoms with Crippen LogP contribution in [0.5, 0.6) is 5.75 Å². The molecule has 0 spiro atoms. The van der Waals surface area contributed by atoms with Crippen molar-refractivity contribution >= 4 is 11.6 Å². The van der Waals surface area contributed by atoms with Gasteiger partial charge in [-0.25, -0.2) is 4.68 Å². The SMILES string of the molecule is Cc1ccc(OCC(=O)Nc2cccc(-n3nncc3C(C)C)c2)cc1. The summed E-state index contributed by atoms with van der Waals surface area (Å²) in [6, 6.07) is 15.1. The number of carbonyl (C=O) groups is 1. The third-order valence-electron chi connectivity index (χ3n) is 3.93. The summed E-state index contributed by atoms with van der Waals surface area (Å²) in [5, 5.41) is 11.0. The molecule has 0 saturated heterocycles. The molecule has 0 unspecified atom stereocenters. The molecule has 0 aliphatic rings. The van der Waals surface area contributed by atoms with Crippen LogP contribution < -0.4 is 10.1 Å². The Labute approximate surface area is 152 Å². The molecule has 6 nitrogen and oxygen atoms in total. The third kappa shape index (κ3) is 4.27. The average molecular weight is 350 g/mol. The normalized spacial score (nSPS) is 10.8. The van der Waals surface area contributed by atoms with Gasteiger partial charge in [-0.15, -0.1) is 5.10 Å². The highest BCUT2D eigenvalue weighted by Gasteiger charge is 2.11. The van der Waals surface area contributed by atoms with Crippen molar-refractivity contribution in [2.45, 2.75) is 26.7 Å². The van der Waals surface area contributed by atoms with Crippen molar-refractivity contribution < 1.29 is 9.53 Å². The van der Waals surface area contributed by atoms with Gasteiger partial charge in [-0.2, -0.15) is 0 Å². The van der Waals surface area contributed by atoms with E-state index in [9.17, 15) is 4.79 Å². The first-order valence-electron chi connectivity index (χ1n) is 8.53. The minimum atomic E-state index is -0.217. The topological polar surface area (TPSA) is 69.0 Å². The van der Waals surface area contributed by atoms with Crippen LogP contribution in [0.25, 0.3) is 5.69 Å². The van der Waals surface area contributed by atoms with Crippen molar-refractivity contribution in [1.82, 2.24) is 15.0 Å². The van der Waals surface area contributed by atoms with Gasteiger partial charge in [0.25, 0.3) is 5.91 Å². The molecule has 1 amide bonds. The molecule has 3 aromatic rings. The zero-order valence-corrected chi connectivity index (χ0v) is 15.1. The Hall–Kier alpha value is -3.15. The van der Waals surface area contributed by atoms with Gasteiger partial charge in [0.1, 0.15) is 5.75 Å². The Morgan fingerprint density at radius 1 is 1.19 bits per heavy atom. The Bertz CT molecular complexity index is 885. The Balaban J connectivity index is 1.65. The second kappa shape index (κ2) is 7.82. The van der Waals surface area contributed by atoms with E-state index in [1.807, 2.05) is 55.5 Å². The average Bonchev–Trinajstić information content (AvgIpc) is 3.12. The molecule has 26 heavy (non-hydrogen) atoms. The number of benzene rings is 2. The van der Waals surface area contributed by atoms with Gasteiger partial charge in [-0.1, -0.05) is 42.8 Å². The first-order valence-corrected chi connectivity index (χ1v) is 8.53. The van der Waals surface area contributed by atoms with E-state index in [2.05, 4.69) is 29.5 Å². The first kappa shape index (κ1) is 17.7. The van der Waals surface area contributed by atoms with Crippen LogP contribution in [0.3, 0.4) is 0 Å². The second-order valence-electron chi connectivity index (χ2n) is 6.43. The Morgan fingerprint density at radius 3 is 2.69 bits per heavy atom.